The zero-order valence-electron chi connectivity index (χ0n) is 10.9. The van der Waals surface area contributed by atoms with Crippen molar-refractivity contribution >= 4 is 23.1 Å². The van der Waals surface area contributed by atoms with E-state index in [1.807, 2.05) is 28.4 Å². The van der Waals surface area contributed by atoms with Gasteiger partial charge < -0.3 is 0 Å². The number of rotatable bonds is 3. The second-order valence-corrected chi connectivity index (χ2v) is 4.88. The van der Waals surface area contributed by atoms with Crippen LogP contribution >= 0.6 is 12.2 Å². The summed E-state index contributed by atoms with van der Waals surface area (Å²) in [4.78, 5) is 0. The number of para-hydroxylation sites is 1. The monoisotopic (exact) mass is 273 g/mol. The molecule has 98 valence electrons. The van der Waals surface area contributed by atoms with Crippen LogP contribution < -0.4 is 0 Å². The van der Waals surface area contributed by atoms with Gasteiger partial charge >= 0.3 is 0 Å². The van der Waals surface area contributed by atoms with Crippen molar-refractivity contribution in [2.24, 2.45) is 7.05 Å². The Hall–Kier alpha value is -1.95. The number of hydrogen-bond acceptors (Lipinski definition) is 3. The van der Waals surface area contributed by atoms with Crippen molar-refractivity contribution in [2.75, 3.05) is 0 Å². The average molecular weight is 273 g/mol. The van der Waals surface area contributed by atoms with Crippen LogP contribution in [0.3, 0.4) is 0 Å². The number of nitrogens with one attached hydrogen (secondary N) is 1. The molecule has 0 saturated heterocycles. The molecule has 0 radical (unpaired) electrons. The van der Waals surface area contributed by atoms with Crippen molar-refractivity contribution in [3.05, 3.63) is 29.0 Å². The molecule has 0 amide bonds. The van der Waals surface area contributed by atoms with Crippen LogP contribution in [0.25, 0.3) is 22.4 Å². The SMILES string of the molecule is CCCn1c(-c2nn(C)c3ccccc23)n[nH]c1=S. The van der Waals surface area contributed by atoms with E-state index in [9.17, 15) is 0 Å². The predicted octanol–water partition coefficient (Wildman–Crippen LogP) is 2.90. The number of nitrogens with zero attached hydrogens (tertiary/aromatic N) is 4. The van der Waals surface area contributed by atoms with Gasteiger partial charge in [0.1, 0.15) is 5.69 Å². The molecular weight excluding hydrogens is 258 g/mol. The smallest absolute Gasteiger partial charge is 0.195 e. The van der Waals surface area contributed by atoms with E-state index < -0.39 is 0 Å². The zero-order valence-corrected chi connectivity index (χ0v) is 11.7. The Morgan fingerprint density at radius 1 is 1.32 bits per heavy atom. The third-order valence-electron chi connectivity index (χ3n) is 3.18. The van der Waals surface area contributed by atoms with Crippen LogP contribution in [0.1, 0.15) is 13.3 Å². The first-order valence-electron chi connectivity index (χ1n) is 6.29. The maximum Gasteiger partial charge on any atom is 0.195 e. The van der Waals surface area contributed by atoms with Crippen LogP contribution in [0.15, 0.2) is 24.3 Å². The van der Waals surface area contributed by atoms with Gasteiger partial charge in [-0.05, 0) is 24.7 Å². The molecule has 2 heterocycles. The van der Waals surface area contributed by atoms with Gasteiger partial charge in [-0.2, -0.15) is 10.2 Å². The number of fused-ring (bicyclic) bond motifs is 1. The molecule has 1 aromatic carbocycles. The summed E-state index contributed by atoms with van der Waals surface area (Å²) in [6, 6.07) is 8.14. The van der Waals surface area contributed by atoms with Crippen molar-refractivity contribution in [1.29, 1.82) is 0 Å². The summed E-state index contributed by atoms with van der Waals surface area (Å²) in [7, 11) is 1.94. The van der Waals surface area contributed by atoms with Crippen LogP contribution in [0, 0.1) is 4.77 Å². The first-order valence-corrected chi connectivity index (χ1v) is 6.70. The molecule has 3 aromatic rings. The molecule has 6 heteroatoms. The van der Waals surface area contributed by atoms with Crippen molar-refractivity contribution in [3.63, 3.8) is 0 Å². The Bertz CT molecular complexity index is 780. The highest BCUT2D eigenvalue weighted by molar-refractivity contribution is 7.71. The summed E-state index contributed by atoms with van der Waals surface area (Å²) in [6.45, 7) is 2.96. The zero-order chi connectivity index (χ0) is 13.4. The highest BCUT2D eigenvalue weighted by Gasteiger charge is 2.16. The minimum Gasteiger partial charge on any atom is -0.299 e. The lowest BCUT2D eigenvalue weighted by Crippen LogP contribution is -2.01. The molecule has 0 bridgehead atoms. The number of aromatic amines is 1. The van der Waals surface area contributed by atoms with Crippen molar-refractivity contribution < 1.29 is 0 Å². The molecule has 0 aliphatic rings. The van der Waals surface area contributed by atoms with E-state index in [-0.39, 0.29) is 0 Å². The van der Waals surface area contributed by atoms with E-state index in [1.54, 1.807) is 0 Å². The van der Waals surface area contributed by atoms with Gasteiger partial charge in [0.25, 0.3) is 0 Å². The Kier molecular flexibility index (Phi) is 2.94. The van der Waals surface area contributed by atoms with E-state index >= 15 is 0 Å². The molecule has 2 aromatic heterocycles. The largest absolute Gasteiger partial charge is 0.299 e. The quantitative estimate of drug-likeness (QED) is 0.746. The fourth-order valence-corrected chi connectivity index (χ4v) is 2.53. The van der Waals surface area contributed by atoms with E-state index in [0.717, 1.165) is 35.4 Å². The Balaban J connectivity index is 2.28. The standard InChI is InChI=1S/C13H15N5S/c1-3-8-18-12(14-15-13(18)19)11-9-6-4-5-7-10(9)17(2)16-11/h4-7H,3,8H2,1-2H3,(H,15,19). The van der Waals surface area contributed by atoms with Gasteiger partial charge in [0.2, 0.25) is 0 Å². The summed E-state index contributed by atoms with van der Waals surface area (Å²) in [5, 5.41) is 12.9. The fraction of sp³-hybridized carbons (Fsp3) is 0.308. The molecule has 0 aliphatic carbocycles. The van der Waals surface area contributed by atoms with Gasteiger partial charge in [0.15, 0.2) is 10.6 Å². The first-order chi connectivity index (χ1) is 9.22. The summed E-state index contributed by atoms with van der Waals surface area (Å²) in [5.74, 6) is 0.809. The van der Waals surface area contributed by atoms with Gasteiger partial charge in [-0.15, -0.1) is 0 Å². The van der Waals surface area contributed by atoms with Gasteiger partial charge in [0.05, 0.1) is 5.52 Å². The number of aryl methyl sites for hydroxylation is 1. The lowest BCUT2D eigenvalue weighted by atomic mass is 10.2. The number of benzene rings is 1. The fourth-order valence-electron chi connectivity index (χ4n) is 2.31. The first kappa shape index (κ1) is 12.1. The maximum absolute atomic E-state index is 5.28. The molecule has 3 rings (SSSR count). The summed E-state index contributed by atoms with van der Waals surface area (Å²) in [6.07, 6.45) is 1.01. The molecule has 1 N–H and O–H groups in total. The lowest BCUT2D eigenvalue weighted by Gasteiger charge is -2.02. The minimum atomic E-state index is 0.645. The van der Waals surface area contributed by atoms with Crippen LogP contribution in [0.4, 0.5) is 0 Å². The normalized spacial score (nSPS) is 11.3. The lowest BCUT2D eigenvalue weighted by molar-refractivity contribution is 0.671. The molecule has 0 unspecified atom stereocenters. The Morgan fingerprint density at radius 3 is 2.89 bits per heavy atom. The highest BCUT2D eigenvalue weighted by atomic mass is 32.1. The van der Waals surface area contributed by atoms with Gasteiger partial charge in [-0.3, -0.25) is 14.3 Å². The number of H-pyrrole nitrogens is 1. The number of aromatic nitrogens is 5. The Morgan fingerprint density at radius 2 is 2.11 bits per heavy atom. The second kappa shape index (κ2) is 4.62. The highest BCUT2D eigenvalue weighted by Crippen LogP contribution is 2.26. The molecule has 19 heavy (non-hydrogen) atoms. The van der Waals surface area contributed by atoms with Crippen LogP contribution in [0.5, 0.6) is 0 Å². The molecule has 0 aliphatic heterocycles. The second-order valence-electron chi connectivity index (χ2n) is 4.49. The molecule has 0 atom stereocenters. The topological polar surface area (TPSA) is 51.4 Å². The van der Waals surface area contributed by atoms with Crippen molar-refractivity contribution in [1.82, 2.24) is 24.5 Å². The van der Waals surface area contributed by atoms with Crippen LogP contribution in [0.2, 0.25) is 0 Å². The van der Waals surface area contributed by atoms with Gasteiger partial charge in [-0.25, -0.2) is 0 Å². The summed E-state index contributed by atoms with van der Waals surface area (Å²) in [5.41, 5.74) is 1.97. The van der Waals surface area contributed by atoms with E-state index in [4.69, 9.17) is 12.2 Å². The summed E-state index contributed by atoms with van der Waals surface area (Å²) >= 11 is 5.28. The van der Waals surface area contributed by atoms with E-state index in [2.05, 4.69) is 34.4 Å². The molecule has 0 fully saturated rings. The molecular formula is C13H15N5S. The van der Waals surface area contributed by atoms with Gasteiger partial charge in [0, 0.05) is 19.0 Å². The van der Waals surface area contributed by atoms with Crippen LogP contribution in [-0.2, 0) is 13.6 Å². The van der Waals surface area contributed by atoms with E-state index in [1.165, 1.54) is 0 Å². The molecule has 0 saturated carbocycles. The predicted molar refractivity (Wildman–Crippen MR) is 77.4 cm³/mol. The Labute approximate surface area is 115 Å². The molecule has 0 spiro atoms. The van der Waals surface area contributed by atoms with Gasteiger partial charge in [-0.1, -0.05) is 25.1 Å². The third-order valence-corrected chi connectivity index (χ3v) is 3.49. The number of hydrogen-bond donors (Lipinski definition) is 1. The van der Waals surface area contributed by atoms with E-state index in [0.29, 0.717) is 4.77 Å². The van der Waals surface area contributed by atoms with Crippen LogP contribution in [-0.4, -0.2) is 24.5 Å². The average Bonchev–Trinajstić information content (AvgIpc) is 2.93. The van der Waals surface area contributed by atoms with Crippen molar-refractivity contribution in [2.45, 2.75) is 19.9 Å². The maximum atomic E-state index is 5.28. The van der Waals surface area contributed by atoms with Crippen molar-refractivity contribution in [3.8, 4) is 11.5 Å². The molecule has 5 nitrogen and oxygen atoms in total. The minimum absolute atomic E-state index is 0.645. The summed E-state index contributed by atoms with van der Waals surface area (Å²) < 4.78 is 4.52. The third kappa shape index (κ3) is 1.88.